The van der Waals surface area contributed by atoms with Gasteiger partial charge in [0.15, 0.2) is 0 Å². The number of carbonyl (C=O) groups is 1. The molecule has 1 N–H and O–H groups in total. The lowest BCUT2D eigenvalue weighted by molar-refractivity contribution is -0.142. The van der Waals surface area contributed by atoms with Crippen LogP contribution in [0, 0.1) is 5.92 Å². The van der Waals surface area contributed by atoms with Crippen molar-refractivity contribution >= 4 is 11.8 Å². The minimum Gasteiger partial charge on any atom is -0.481 e. The van der Waals surface area contributed by atoms with Gasteiger partial charge in [-0.15, -0.1) is 0 Å². The van der Waals surface area contributed by atoms with Gasteiger partial charge in [0.25, 0.3) is 0 Å². The second-order valence-corrected chi connectivity index (χ2v) is 4.80. The number of carboxylic acid groups (broad SMARTS) is 1. The topological polar surface area (TPSA) is 84.1 Å². The molecule has 2 aromatic rings. The number of aromatic nitrogens is 4. The van der Waals surface area contributed by atoms with E-state index in [1.807, 2.05) is 16.8 Å². The van der Waals surface area contributed by atoms with Crippen LogP contribution in [-0.4, -0.2) is 43.7 Å². The summed E-state index contributed by atoms with van der Waals surface area (Å²) in [6.07, 6.45) is 8.03. The van der Waals surface area contributed by atoms with Crippen LogP contribution in [0.3, 0.4) is 0 Å². The molecule has 7 heteroatoms. The molecule has 1 saturated heterocycles. The molecule has 0 radical (unpaired) electrons. The van der Waals surface area contributed by atoms with Crippen LogP contribution in [0.4, 0.5) is 5.82 Å². The van der Waals surface area contributed by atoms with Crippen molar-refractivity contribution in [1.82, 2.24) is 19.5 Å². The van der Waals surface area contributed by atoms with Gasteiger partial charge in [-0.05, 0) is 12.8 Å². The summed E-state index contributed by atoms with van der Waals surface area (Å²) in [5.74, 6) is 0.646. The average molecular weight is 273 g/mol. The van der Waals surface area contributed by atoms with Gasteiger partial charge in [-0.1, -0.05) is 0 Å². The predicted molar refractivity (Wildman–Crippen MR) is 71.7 cm³/mol. The monoisotopic (exact) mass is 273 g/mol. The van der Waals surface area contributed by atoms with Crippen LogP contribution in [0.5, 0.6) is 0 Å². The highest BCUT2D eigenvalue weighted by molar-refractivity contribution is 5.70. The van der Waals surface area contributed by atoms with E-state index in [0.29, 0.717) is 25.9 Å². The summed E-state index contributed by atoms with van der Waals surface area (Å²) < 4.78 is 1.81. The number of aliphatic carboxylic acids is 1. The molecular formula is C13H15N5O2. The molecule has 1 fully saturated rings. The van der Waals surface area contributed by atoms with Crippen molar-refractivity contribution in [2.24, 2.45) is 5.92 Å². The van der Waals surface area contributed by atoms with E-state index in [4.69, 9.17) is 5.11 Å². The van der Waals surface area contributed by atoms with Crippen molar-refractivity contribution in [3.8, 4) is 5.82 Å². The first-order valence-electron chi connectivity index (χ1n) is 6.52. The van der Waals surface area contributed by atoms with Gasteiger partial charge in [-0.2, -0.15) is 0 Å². The summed E-state index contributed by atoms with van der Waals surface area (Å²) in [5, 5.41) is 9.01. The van der Waals surface area contributed by atoms with Gasteiger partial charge in [0.2, 0.25) is 0 Å². The van der Waals surface area contributed by atoms with Crippen LogP contribution in [0.2, 0.25) is 0 Å². The zero-order valence-corrected chi connectivity index (χ0v) is 10.9. The zero-order valence-electron chi connectivity index (χ0n) is 10.9. The maximum atomic E-state index is 11.0. The highest BCUT2D eigenvalue weighted by Crippen LogP contribution is 2.22. The second-order valence-electron chi connectivity index (χ2n) is 4.80. The molecule has 0 aliphatic carbocycles. The molecule has 0 unspecified atom stereocenters. The number of nitrogens with zero attached hydrogens (tertiary/aromatic N) is 5. The maximum absolute atomic E-state index is 11.0. The third kappa shape index (κ3) is 2.47. The highest BCUT2D eigenvalue weighted by Gasteiger charge is 2.25. The summed E-state index contributed by atoms with van der Waals surface area (Å²) in [6, 6.07) is 1.89. The first-order valence-corrected chi connectivity index (χ1v) is 6.52. The van der Waals surface area contributed by atoms with Crippen molar-refractivity contribution in [3.63, 3.8) is 0 Å². The van der Waals surface area contributed by atoms with Crippen LogP contribution >= 0.6 is 0 Å². The largest absolute Gasteiger partial charge is 0.481 e. The van der Waals surface area contributed by atoms with Gasteiger partial charge in [0.05, 0.1) is 5.92 Å². The van der Waals surface area contributed by atoms with Crippen molar-refractivity contribution in [2.45, 2.75) is 12.8 Å². The Kier molecular flexibility index (Phi) is 3.32. The number of rotatable bonds is 3. The lowest BCUT2D eigenvalue weighted by Crippen LogP contribution is -2.36. The van der Waals surface area contributed by atoms with Crippen molar-refractivity contribution < 1.29 is 9.90 Å². The number of anilines is 1. The number of hydrogen-bond acceptors (Lipinski definition) is 5. The van der Waals surface area contributed by atoms with E-state index in [-0.39, 0.29) is 5.92 Å². The van der Waals surface area contributed by atoms with Gasteiger partial charge in [0, 0.05) is 31.5 Å². The Labute approximate surface area is 115 Å². The fourth-order valence-electron chi connectivity index (χ4n) is 2.40. The smallest absolute Gasteiger partial charge is 0.306 e. The molecule has 1 aliphatic heterocycles. The molecule has 0 bridgehead atoms. The Hall–Kier alpha value is -2.44. The molecule has 3 rings (SSSR count). The fraction of sp³-hybridized carbons (Fsp3) is 0.385. The summed E-state index contributed by atoms with van der Waals surface area (Å²) in [6.45, 7) is 1.41. The van der Waals surface area contributed by atoms with E-state index in [9.17, 15) is 4.79 Å². The SMILES string of the molecule is O=C(O)C1CCN(c2cc(-n3ccnc3)ncn2)CC1. The van der Waals surface area contributed by atoms with Crippen LogP contribution in [0.15, 0.2) is 31.1 Å². The lowest BCUT2D eigenvalue weighted by atomic mass is 9.97. The predicted octanol–water partition coefficient (Wildman–Crippen LogP) is 0.963. The molecule has 1 aliphatic rings. The Balaban J connectivity index is 1.75. The van der Waals surface area contributed by atoms with Gasteiger partial charge in [-0.25, -0.2) is 15.0 Å². The van der Waals surface area contributed by atoms with Crippen LogP contribution in [-0.2, 0) is 4.79 Å². The van der Waals surface area contributed by atoms with Crippen molar-refractivity contribution in [1.29, 1.82) is 0 Å². The molecule has 3 heterocycles. The maximum Gasteiger partial charge on any atom is 0.306 e. The van der Waals surface area contributed by atoms with E-state index in [2.05, 4.69) is 19.9 Å². The van der Waals surface area contributed by atoms with Gasteiger partial charge in [0.1, 0.15) is 24.3 Å². The first-order chi connectivity index (χ1) is 9.74. The van der Waals surface area contributed by atoms with Crippen LogP contribution < -0.4 is 4.90 Å². The molecule has 0 amide bonds. The van der Waals surface area contributed by atoms with E-state index in [1.54, 1.807) is 12.5 Å². The van der Waals surface area contributed by atoms with E-state index in [1.165, 1.54) is 6.33 Å². The molecule has 2 aromatic heterocycles. The summed E-state index contributed by atoms with van der Waals surface area (Å²) in [7, 11) is 0. The average Bonchev–Trinajstić information content (AvgIpc) is 3.02. The van der Waals surface area contributed by atoms with Gasteiger partial charge < -0.3 is 10.0 Å². The summed E-state index contributed by atoms with van der Waals surface area (Å²) >= 11 is 0. The van der Waals surface area contributed by atoms with Crippen molar-refractivity contribution in [2.75, 3.05) is 18.0 Å². The fourth-order valence-corrected chi connectivity index (χ4v) is 2.40. The van der Waals surface area contributed by atoms with Crippen molar-refractivity contribution in [3.05, 3.63) is 31.1 Å². The second kappa shape index (κ2) is 5.28. The standard InChI is InChI=1S/C13H15N5O2/c19-13(20)10-1-4-17(5-2-10)11-7-12(16-8-15-11)18-6-3-14-9-18/h3,6-10H,1-2,4-5H2,(H,19,20). The number of piperidine rings is 1. The molecule has 7 nitrogen and oxygen atoms in total. The van der Waals surface area contributed by atoms with E-state index < -0.39 is 5.97 Å². The van der Waals surface area contributed by atoms with E-state index >= 15 is 0 Å². The highest BCUT2D eigenvalue weighted by atomic mass is 16.4. The zero-order chi connectivity index (χ0) is 13.9. The molecular weight excluding hydrogens is 258 g/mol. The third-order valence-corrected chi connectivity index (χ3v) is 3.58. The van der Waals surface area contributed by atoms with Crippen LogP contribution in [0.25, 0.3) is 5.82 Å². The molecule has 0 spiro atoms. The number of imidazole rings is 1. The minimum atomic E-state index is -0.702. The normalized spacial score (nSPS) is 16.3. The van der Waals surface area contributed by atoms with Crippen LogP contribution in [0.1, 0.15) is 12.8 Å². The summed E-state index contributed by atoms with van der Waals surface area (Å²) in [4.78, 5) is 25.5. The Morgan fingerprint density at radius 1 is 1.25 bits per heavy atom. The first kappa shape index (κ1) is 12.6. The molecule has 0 atom stereocenters. The number of hydrogen-bond donors (Lipinski definition) is 1. The van der Waals surface area contributed by atoms with Gasteiger partial charge in [-0.3, -0.25) is 9.36 Å². The molecule has 104 valence electrons. The summed E-state index contributed by atoms with van der Waals surface area (Å²) in [5.41, 5.74) is 0. The molecule has 0 aromatic carbocycles. The van der Waals surface area contributed by atoms with Gasteiger partial charge >= 0.3 is 5.97 Å². The molecule has 0 saturated carbocycles. The quantitative estimate of drug-likeness (QED) is 0.896. The van der Waals surface area contributed by atoms with E-state index in [0.717, 1.165) is 11.6 Å². The Morgan fingerprint density at radius 2 is 2.00 bits per heavy atom. The molecule has 20 heavy (non-hydrogen) atoms. The Morgan fingerprint density at radius 3 is 2.65 bits per heavy atom. The number of carboxylic acids is 1. The Bertz CT molecular complexity index is 591. The third-order valence-electron chi connectivity index (χ3n) is 3.58. The minimum absolute atomic E-state index is 0.235. The lowest BCUT2D eigenvalue weighted by Gasteiger charge is -2.30.